The summed E-state index contributed by atoms with van der Waals surface area (Å²) < 4.78 is 0. The van der Waals surface area contributed by atoms with E-state index in [1.807, 2.05) is 0 Å². The van der Waals surface area contributed by atoms with Gasteiger partial charge in [0.05, 0.1) is 0 Å². The van der Waals surface area contributed by atoms with Gasteiger partial charge in [0.2, 0.25) is 5.91 Å². The van der Waals surface area contributed by atoms with Gasteiger partial charge < -0.3 is 4.90 Å². The van der Waals surface area contributed by atoms with Crippen LogP contribution in [0.5, 0.6) is 0 Å². The van der Waals surface area contributed by atoms with Crippen molar-refractivity contribution in [3.63, 3.8) is 0 Å². The molecule has 29 heavy (non-hydrogen) atoms. The summed E-state index contributed by atoms with van der Waals surface area (Å²) in [5, 5.41) is 3.96. The molecule has 1 amide bonds. The van der Waals surface area contributed by atoms with E-state index >= 15 is 0 Å². The lowest BCUT2D eigenvalue weighted by molar-refractivity contribution is -0.138. The number of carbonyl (C=O) groups excluding carboxylic acids is 1. The Labute approximate surface area is 175 Å². The molecule has 3 heteroatoms. The lowest BCUT2D eigenvalue weighted by Crippen LogP contribution is -2.53. The number of amides is 1. The van der Waals surface area contributed by atoms with Crippen LogP contribution >= 0.6 is 0 Å². The first-order valence-electron chi connectivity index (χ1n) is 12.1. The van der Waals surface area contributed by atoms with Crippen LogP contribution < -0.4 is 5.32 Å². The number of rotatable bonds is 2. The predicted octanol–water partition coefficient (Wildman–Crippen LogP) is 4.81. The average molecular weight is 393 g/mol. The molecule has 1 N–H and O–H groups in total. The third-order valence-electron chi connectivity index (χ3n) is 9.47. The highest BCUT2D eigenvalue weighted by Crippen LogP contribution is 2.57. The van der Waals surface area contributed by atoms with Gasteiger partial charge in [0, 0.05) is 30.6 Å². The molecule has 3 nitrogen and oxygen atoms in total. The van der Waals surface area contributed by atoms with Gasteiger partial charge in [0.1, 0.15) is 0 Å². The zero-order valence-electron chi connectivity index (χ0n) is 18.1. The molecule has 4 aliphatic carbocycles. The second-order valence-corrected chi connectivity index (χ2v) is 11.6. The lowest BCUT2D eigenvalue weighted by atomic mass is 9.51. The van der Waals surface area contributed by atoms with Crippen LogP contribution in [0.25, 0.3) is 0 Å². The fourth-order valence-electron chi connectivity index (χ4n) is 8.41. The second kappa shape index (κ2) is 6.33. The minimum atomic E-state index is 0.0170. The third-order valence-corrected chi connectivity index (χ3v) is 9.47. The molecule has 4 saturated carbocycles. The molecule has 1 aromatic rings. The Balaban J connectivity index is 1.13. The van der Waals surface area contributed by atoms with Crippen LogP contribution in [0.4, 0.5) is 0 Å². The SMILES string of the molecule is CC1(C)NC2(CCN(C(=O)CC3C4CC5CC(C4)CC3C5)CC2)c2ccccc21. The van der Waals surface area contributed by atoms with Crippen LogP contribution in [-0.2, 0) is 15.9 Å². The summed E-state index contributed by atoms with van der Waals surface area (Å²) in [6, 6.07) is 8.92. The summed E-state index contributed by atoms with van der Waals surface area (Å²) in [4.78, 5) is 15.5. The van der Waals surface area contributed by atoms with Gasteiger partial charge in [0.25, 0.3) is 0 Å². The highest BCUT2D eigenvalue weighted by molar-refractivity contribution is 5.76. The van der Waals surface area contributed by atoms with E-state index in [0.717, 1.165) is 56.0 Å². The minimum Gasteiger partial charge on any atom is -0.343 e. The van der Waals surface area contributed by atoms with E-state index in [9.17, 15) is 4.79 Å². The van der Waals surface area contributed by atoms with E-state index in [-0.39, 0.29) is 11.1 Å². The Morgan fingerprint density at radius 2 is 1.55 bits per heavy atom. The summed E-state index contributed by atoms with van der Waals surface area (Å²) in [5.74, 6) is 4.84. The number of likely N-dealkylation sites (tertiary alicyclic amines) is 1. The van der Waals surface area contributed by atoms with E-state index in [4.69, 9.17) is 0 Å². The average Bonchev–Trinajstić information content (AvgIpc) is 2.92. The molecule has 0 aromatic heterocycles. The van der Waals surface area contributed by atoms with Crippen molar-refractivity contribution in [1.82, 2.24) is 10.2 Å². The third kappa shape index (κ3) is 2.83. The van der Waals surface area contributed by atoms with Gasteiger partial charge in [-0.3, -0.25) is 10.1 Å². The van der Waals surface area contributed by atoms with Crippen LogP contribution in [0.3, 0.4) is 0 Å². The Hall–Kier alpha value is -1.35. The van der Waals surface area contributed by atoms with Gasteiger partial charge in [-0.2, -0.15) is 0 Å². The van der Waals surface area contributed by atoms with Crippen LogP contribution in [0.15, 0.2) is 24.3 Å². The van der Waals surface area contributed by atoms with Gasteiger partial charge >= 0.3 is 0 Å². The van der Waals surface area contributed by atoms with Crippen molar-refractivity contribution in [2.75, 3.05) is 13.1 Å². The van der Waals surface area contributed by atoms with Gasteiger partial charge in [0.15, 0.2) is 0 Å². The summed E-state index contributed by atoms with van der Waals surface area (Å²) in [6.07, 6.45) is 10.1. The zero-order chi connectivity index (χ0) is 19.8. The van der Waals surface area contributed by atoms with Crippen molar-refractivity contribution < 1.29 is 4.79 Å². The highest BCUT2D eigenvalue weighted by atomic mass is 16.2. The van der Waals surface area contributed by atoms with Crippen molar-refractivity contribution in [2.24, 2.45) is 29.6 Å². The Morgan fingerprint density at radius 3 is 2.17 bits per heavy atom. The van der Waals surface area contributed by atoms with Gasteiger partial charge in [-0.1, -0.05) is 24.3 Å². The van der Waals surface area contributed by atoms with E-state index in [2.05, 4.69) is 48.3 Å². The molecule has 7 rings (SSSR count). The Morgan fingerprint density at radius 1 is 0.966 bits per heavy atom. The topological polar surface area (TPSA) is 32.3 Å². The normalized spacial score (nSPS) is 38.4. The second-order valence-electron chi connectivity index (χ2n) is 11.6. The Kier molecular flexibility index (Phi) is 4.02. The number of fused-ring (bicyclic) bond motifs is 2. The van der Waals surface area contributed by atoms with E-state index in [1.54, 1.807) is 0 Å². The maximum atomic E-state index is 13.3. The summed E-state index contributed by atoms with van der Waals surface area (Å²) in [7, 11) is 0. The Bertz CT molecular complexity index is 792. The summed E-state index contributed by atoms with van der Waals surface area (Å²) in [5.41, 5.74) is 2.98. The molecule has 0 unspecified atom stereocenters. The number of hydrogen-bond acceptors (Lipinski definition) is 2. The molecule has 0 atom stereocenters. The van der Waals surface area contributed by atoms with Crippen molar-refractivity contribution in [1.29, 1.82) is 0 Å². The minimum absolute atomic E-state index is 0.0170. The molecular formula is C26H36N2O. The molecule has 156 valence electrons. The van der Waals surface area contributed by atoms with E-state index in [1.165, 1.54) is 43.2 Å². The standard InChI is InChI=1S/C26H36N2O/c1-25(2)22-5-3-4-6-23(22)26(27-25)7-9-28(10-8-26)24(29)16-21-19-12-17-11-18(14-19)15-20(21)13-17/h3-6,17-21,27H,7-16H2,1-2H3. The molecule has 0 radical (unpaired) electrons. The lowest BCUT2D eigenvalue weighted by Gasteiger charge is -2.54. The van der Waals surface area contributed by atoms with E-state index < -0.39 is 0 Å². The monoisotopic (exact) mass is 392 g/mol. The number of benzene rings is 1. The van der Waals surface area contributed by atoms with Crippen molar-refractivity contribution in [3.8, 4) is 0 Å². The molecule has 1 spiro atoms. The smallest absolute Gasteiger partial charge is 0.222 e. The molecule has 6 aliphatic rings. The fraction of sp³-hybridized carbons (Fsp3) is 0.731. The van der Waals surface area contributed by atoms with Gasteiger partial charge in [-0.15, -0.1) is 0 Å². The van der Waals surface area contributed by atoms with Crippen LogP contribution in [0, 0.1) is 29.6 Å². The van der Waals surface area contributed by atoms with Crippen LogP contribution in [0.2, 0.25) is 0 Å². The first-order chi connectivity index (χ1) is 13.9. The number of carbonyl (C=O) groups is 1. The maximum Gasteiger partial charge on any atom is 0.222 e. The molecule has 2 heterocycles. The quantitative estimate of drug-likeness (QED) is 0.784. The van der Waals surface area contributed by atoms with Gasteiger partial charge in [-0.05, 0) is 99.5 Å². The van der Waals surface area contributed by atoms with Crippen molar-refractivity contribution >= 4 is 5.91 Å². The number of hydrogen-bond donors (Lipinski definition) is 1. The number of nitrogens with zero attached hydrogens (tertiary/aromatic N) is 1. The molecule has 1 aromatic carbocycles. The van der Waals surface area contributed by atoms with Crippen LogP contribution in [-0.4, -0.2) is 23.9 Å². The molecule has 2 aliphatic heterocycles. The predicted molar refractivity (Wildman–Crippen MR) is 115 cm³/mol. The molecule has 4 bridgehead atoms. The van der Waals surface area contributed by atoms with E-state index in [0.29, 0.717) is 11.8 Å². The summed E-state index contributed by atoms with van der Waals surface area (Å²) >= 11 is 0. The zero-order valence-corrected chi connectivity index (χ0v) is 18.1. The van der Waals surface area contributed by atoms with Crippen molar-refractivity contribution in [2.45, 2.75) is 76.3 Å². The maximum absolute atomic E-state index is 13.3. The molecule has 1 saturated heterocycles. The molecule has 5 fully saturated rings. The summed E-state index contributed by atoms with van der Waals surface area (Å²) in [6.45, 7) is 6.40. The van der Waals surface area contributed by atoms with Crippen LogP contribution in [0.1, 0.15) is 76.3 Å². The largest absolute Gasteiger partial charge is 0.343 e. The first kappa shape index (κ1) is 18.4. The number of piperidine rings is 1. The highest BCUT2D eigenvalue weighted by Gasteiger charge is 2.50. The van der Waals surface area contributed by atoms with Gasteiger partial charge in [-0.25, -0.2) is 0 Å². The molecular weight excluding hydrogens is 356 g/mol. The van der Waals surface area contributed by atoms with Crippen molar-refractivity contribution in [3.05, 3.63) is 35.4 Å². The number of nitrogens with one attached hydrogen (secondary N) is 1. The first-order valence-corrected chi connectivity index (χ1v) is 12.1. The fourth-order valence-corrected chi connectivity index (χ4v) is 8.41.